The summed E-state index contributed by atoms with van der Waals surface area (Å²) >= 11 is 1.66. The third-order valence-corrected chi connectivity index (χ3v) is 11.3. The maximum Gasteiger partial charge on any atom is 0.155 e. The van der Waals surface area contributed by atoms with E-state index in [0.717, 1.165) is 58.8 Å². The SMILES string of the molecule is CC12CCC(=O)C=C1CCC1C2CCC2(C)C(c3nnc(-c4cccs4)c4nocc34)CCC12. The average Bonchev–Trinajstić information content (AvgIpc) is 3.58. The lowest BCUT2D eigenvalue weighted by Crippen LogP contribution is -2.50. The quantitative estimate of drug-likeness (QED) is 0.402. The molecule has 0 N–H and O–H groups in total. The molecule has 3 heterocycles. The summed E-state index contributed by atoms with van der Waals surface area (Å²) in [6, 6.07) is 4.11. The Hall–Kier alpha value is -2.34. The molecule has 4 aliphatic carbocycles. The summed E-state index contributed by atoms with van der Waals surface area (Å²) in [4.78, 5) is 13.2. The van der Waals surface area contributed by atoms with Crippen molar-refractivity contribution in [3.63, 3.8) is 0 Å². The van der Waals surface area contributed by atoms with Gasteiger partial charge in [-0.3, -0.25) is 4.79 Å². The van der Waals surface area contributed by atoms with Gasteiger partial charge in [0.2, 0.25) is 0 Å². The minimum atomic E-state index is 0.222. The van der Waals surface area contributed by atoms with Crippen LogP contribution in [0.2, 0.25) is 0 Å². The average molecular weight is 474 g/mol. The van der Waals surface area contributed by atoms with Gasteiger partial charge in [0.05, 0.1) is 16.0 Å². The van der Waals surface area contributed by atoms with Crippen LogP contribution in [-0.4, -0.2) is 21.1 Å². The van der Waals surface area contributed by atoms with Crippen molar-refractivity contribution in [2.45, 2.75) is 71.1 Å². The van der Waals surface area contributed by atoms with Gasteiger partial charge in [-0.05, 0) is 91.1 Å². The van der Waals surface area contributed by atoms with Crippen LogP contribution in [0.3, 0.4) is 0 Å². The lowest BCUT2D eigenvalue weighted by Gasteiger charge is -2.58. The summed E-state index contributed by atoms with van der Waals surface area (Å²) in [6.45, 7) is 4.99. The molecule has 5 nitrogen and oxygen atoms in total. The highest BCUT2D eigenvalue weighted by Crippen LogP contribution is 2.68. The van der Waals surface area contributed by atoms with Crippen molar-refractivity contribution >= 4 is 28.0 Å². The molecule has 0 aliphatic heterocycles. The summed E-state index contributed by atoms with van der Waals surface area (Å²) in [5, 5.41) is 17.0. The fraction of sp³-hybridized carbons (Fsp3) is 0.571. The Labute approximate surface area is 204 Å². The Bertz CT molecular complexity index is 1310. The van der Waals surface area contributed by atoms with E-state index in [4.69, 9.17) is 9.62 Å². The molecule has 3 fully saturated rings. The fourth-order valence-electron chi connectivity index (χ4n) is 8.64. The van der Waals surface area contributed by atoms with Gasteiger partial charge < -0.3 is 4.52 Å². The Balaban J connectivity index is 1.25. The first-order valence-electron chi connectivity index (χ1n) is 12.9. The minimum Gasteiger partial charge on any atom is -0.363 e. The van der Waals surface area contributed by atoms with Crippen molar-refractivity contribution in [1.29, 1.82) is 0 Å². The van der Waals surface area contributed by atoms with E-state index in [-0.39, 0.29) is 10.8 Å². The second-order valence-electron chi connectivity index (χ2n) is 11.6. The zero-order valence-electron chi connectivity index (χ0n) is 19.9. The van der Waals surface area contributed by atoms with Gasteiger partial charge in [0, 0.05) is 12.3 Å². The first-order chi connectivity index (χ1) is 16.5. The highest BCUT2D eigenvalue weighted by atomic mass is 32.1. The fourth-order valence-corrected chi connectivity index (χ4v) is 9.35. The van der Waals surface area contributed by atoms with Crippen LogP contribution in [0, 0.1) is 28.6 Å². The molecule has 0 radical (unpaired) electrons. The van der Waals surface area contributed by atoms with E-state index in [9.17, 15) is 4.79 Å². The number of aromatic nitrogens is 3. The van der Waals surface area contributed by atoms with E-state index in [1.165, 1.54) is 31.3 Å². The molecule has 4 aliphatic rings. The molecule has 3 aromatic heterocycles. The lowest BCUT2D eigenvalue weighted by atomic mass is 9.46. The van der Waals surface area contributed by atoms with Gasteiger partial charge in [0.1, 0.15) is 17.5 Å². The smallest absolute Gasteiger partial charge is 0.155 e. The molecule has 34 heavy (non-hydrogen) atoms. The van der Waals surface area contributed by atoms with Gasteiger partial charge in [-0.15, -0.1) is 16.4 Å². The molecular weight excluding hydrogens is 442 g/mol. The van der Waals surface area contributed by atoms with E-state index < -0.39 is 0 Å². The summed E-state index contributed by atoms with van der Waals surface area (Å²) in [6.07, 6.45) is 12.8. The van der Waals surface area contributed by atoms with Gasteiger partial charge in [-0.2, -0.15) is 5.10 Å². The van der Waals surface area contributed by atoms with E-state index in [0.29, 0.717) is 23.5 Å². The van der Waals surface area contributed by atoms with Crippen LogP contribution in [0.5, 0.6) is 0 Å². The standard InChI is InChI=1S/C28H31N3O2S/c1-27-11-9-17(32)14-16(27)5-6-18-20-7-8-22(28(20,2)12-10-21(18)27)24-19-15-33-31-25(19)26(30-29-24)23-4-3-13-34-23/h3-4,13-15,18,20-22H,5-12H2,1-2H3. The summed E-state index contributed by atoms with van der Waals surface area (Å²) in [5.41, 5.74) is 4.67. The number of nitrogens with zero attached hydrogens (tertiary/aromatic N) is 3. The van der Waals surface area contributed by atoms with Crippen LogP contribution < -0.4 is 0 Å². The van der Waals surface area contributed by atoms with Crippen LogP contribution in [-0.2, 0) is 4.79 Å². The molecule has 3 aromatic rings. The minimum absolute atomic E-state index is 0.222. The summed E-state index contributed by atoms with van der Waals surface area (Å²) in [5.74, 6) is 2.90. The van der Waals surface area contributed by atoms with Crippen molar-refractivity contribution in [3.05, 3.63) is 41.1 Å². The lowest BCUT2D eigenvalue weighted by molar-refractivity contribution is -0.117. The van der Waals surface area contributed by atoms with Crippen molar-refractivity contribution in [2.75, 3.05) is 0 Å². The van der Waals surface area contributed by atoms with Crippen molar-refractivity contribution < 1.29 is 9.32 Å². The zero-order chi connectivity index (χ0) is 23.1. The third-order valence-electron chi connectivity index (χ3n) is 10.4. The van der Waals surface area contributed by atoms with Crippen molar-refractivity contribution in [3.8, 4) is 10.6 Å². The Morgan fingerprint density at radius 3 is 2.82 bits per heavy atom. The number of thiophene rings is 1. The predicted molar refractivity (Wildman–Crippen MR) is 132 cm³/mol. The molecule has 6 unspecified atom stereocenters. The van der Waals surface area contributed by atoms with E-state index in [2.05, 4.69) is 35.5 Å². The Kier molecular flexibility index (Phi) is 4.52. The number of hydrogen-bond acceptors (Lipinski definition) is 6. The molecule has 0 aromatic carbocycles. The highest BCUT2D eigenvalue weighted by molar-refractivity contribution is 7.13. The molecule has 7 rings (SSSR count). The molecular formula is C28H31N3O2S. The number of carbonyl (C=O) groups is 1. The largest absolute Gasteiger partial charge is 0.363 e. The molecule has 6 heteroatoms. The monoisotopic (exact) mass is 473 g/mol. The Morgan fingerprint density at radius 1 is 1.06 bits per heavy atom. The molecule has 3 saturated carbocycles. The second-order valence-corrected chi connectivity index (χ2v) is 12.6. The van der Waals surface area contributed by atoms with E-state index in [1.807, 2.05) is 12.1 Å². The van der Waals surface area contributed by atoms with Crippen molar-refractivity contribution in [1.82, 2.24) is 15.4 Å². The van der Waals surface area contributed by atoms with Crippen LogP contribution in [0.25, 0.3) is 21.5 Å². The van der Waals surface area contributed by atoms with Crippen LogP contribution >= 0.6 is 11.3 Å². The zero-order valence-corrected chi connectivity index (χ0v) is 20.7. The number of allylic oxidation sites excluding steroid dienone is 1. The second kappa shape index (κ2) is 7.33. The number of ketones is 1. The number of fused-ring (bicyclic) bond motifs is 6. The number of rotatable bonds is 2. The van der Waals surface area contributed by atoms with Crippen LogP contribution in [0.4, 0.5) is 0 Å². The van der Waals surface area contributed by atoms with Crippen LogP contribution in [0.1, 0.15) is 76.8 Å². The maximum atomic E-state index is 12.1. The summed E-state index contributed by atoms with van der Waals surface area (Å²) in [7, 11) is 0. The van der Waals surface area contributed by atoms with Gasteiger partial charge in [0.25, 0.3) is 0 Å². The topological polar surface area (TPSA) is 68.9 Å². The van der Waals surface area contributed by atoms with Crippen LogP contribution in [0.15, 0.2) is 39.9 Å². The number of hydrogen-bond donors (Lipinski definition) is 0. The van der Waals surface area contributed by atoms with Gasteiger partial charge in [0.15, 0.2) is 5.78 Å². The van der Waals surface area contributed by atoms with E-state index >= 15 is 0 Å². The van der Waals surface area contributed by atoms with Gasteiger partial charge in [-0.1, -0.05) is 30.6 Å². The first-order valence-corrected chi connectivity index (χ1v) is 13.8. The normalized spacial score (nSPS) is 37.2. The molecule has 0 amide bonds. The maximum absolute atomic E-state index is 12.1. The Morgan fingerprint density at radius 2 is 1.97 bits per heavy atom. The van der Waals surface area contributed by atoms with Gasteiger partial charge >= 0.3 is 0 Å². The van der Waals surface area contributed by atoms with Crippen molar-refractivity contribution in [2.24, 2.45) is 28.6 Å². The van der Waals surface area contributed by atoms with E-state index in [1.54, 1.807) is 17.6 Å². The molecule has 0 saturated heterocycles. The van der Waals surface area contributed by atoms with Gasteiger partial charge in [-0.25, -0.2) is 0 Å². The molecule has 6 atom stereocenters. The first kappa shape index (κ1) is 21.0. The number of carbonyl (C=O) groups excluding carboxylic acids is 1. The predicted octanol–water partition coefficient (Wildman–Crippen LogP) is 6.96. The molecule has 0 bridgehead atoms. The third kappa shape index (κ3) is 2.78. The molecule has 0 spiro atoms. The highest BCUT2D eigenvalue weighted by Gasteiger charge is 2.59. The summed E-state index contributed by atoms with van der Waals surface area (Å²) < 4.78 is 5.48. The molecule has 176 valence electrons.